The molecular formula is C17H21N5O5S. The van der Waals surface area contributed by atoms with Gasteiger partial charge in [0.25, 0.3) is 5.91 Å². The van der Waals surface area contributed by atoms with E-state index in [1.165, 1.54) is 6.92 Å². The second-order valence-corrected chi connectivity index (χ2v) is 6.55. The molecule has 0 aliphatic carbocycles. The average molecular weight is 407 g/mol. The lowest BCUT2D eigenvalue weighted by atomic mass is 10.3. The van der Waals surface area contributed by atoms with Crippen LogP contribution in [0.5, 0.6) is 5.75 Å². The van der Waals surface area contributed by atoms with Gasteiger partial charge >= 0.3 is 12.0 Å². The van der Waals surface area contributed by atoms with Crippen LogP contribution in [0.2, 0.25) is 0 Å². The maximum absolute atomic E-state index is 12.2. The van der Waals surface area contributed by atoms with Gasteiger partial charge in [-0.2, -0.15) is 0 Å². The van der Waals surface area contributed by atoms with E-state index >= 15 is 0 Å². The van der Waals surface area contributed by atoms with Crippen LogP contribution >= 0.6 is 11.3 Å². The van der Waals surface area contributed by atoms with Gasteiger partial charge in [-0.3, -0.25) is 4.79 Å². The molecule has 0 aliphatic rings. The number of aromatic nitrogens is 2. The van der Waals surface area contributed by atoms with E-state index in [1.54, 1.807) is 38.3 Å². The van der Waals surface area contributed by atoms with E-state index in [-0.39, 0.29) is 18.2 Å². The van der Waals surface area contributed by atoms with Crippen molar-refractivity contribution in [1.29, 1.82) is 0 Å². The van der Waals surface area contributed by atoms with E-state index in [1.807, 2.05) is 0 Å². The van der Waals surface area contributed by atoms with E-state index in [2.05, 4.69) is 26.1 Å². The predicted molar refractivity (Wildman–Crippen MR) is 102 cm³/mol. The van der Waals surface area contributed by atoms with Gasteiger partial charge in [-0.15, -0.1) is 10.2 Å². The highest BCUT2D eigenvalue weighted by atomic mass is 32.1. The summed E-state index contributed by atoms with van der Waals surface area (Å²) >= 11 is 1.05. The Kier molecular flexibility index (Phi) is 7.69. The Bertz CT molecular complexity index is 824. The van der Waals surface area contributed by atoms with Gasteiger partial charge in [0.15, 0.2) is 0 Å². The van der Waals surface area contributed by atoms with Gasteiger partial charge in [-0.05, 0) is 38.1 Å². The molecule has 10 nitrogen and oxygen atoms in total. The van der Waals surface area contributed by atoms with Gasteiger partial charge < -0.3 is 25.4 Å². The minimum atomic E-state index is -0.778. The van der Waals surface area contributed by atoms with Gasteiger partial charge in [-0.1, -0.05) is 11.3 Å². The van der Waals surface area contributed by atoms with Gasteiger partial charge in [0.05, 0.1) is 20.3 Å². The molecule has 0 bridgehead atoms. The van der Waals surface area contributed by atoms with Gasteiger partial charge in [0.1, 0.15) is 16.8 Å². The number of hydrogen-bond acceptors (Lipinski definition) is 8. The summed E-state index contributed by atoms with van der Waals surface area (Å²) in [5.74, 6) is -0.252. The van der Waals surface area contributed by atoms with Crippen molar-refractivity contribution < 1.29 is 23.9 Å². The molecule has 1 aromatic heterocycles. The zero-order valence-corrected chi connectivity index (χ0v) is 16.5. The van der Waals surface area contributed by atoms with E-state index in [9.17, 15) is 14.4 Å². The van der Waals surface area contributed by atoms with Crippen molar-refractivity contribution in [1.82, 2.24) is 20.8 Å². The first-order valence-corrected chi connectivity index (χ1v) is 9.23. The number of carbonyl (C=O) groups excluding carboxylic acids is 3. The van der Waals surface area contributed by atoms with E-state index < -0.39 is 23.9 Å². The molecule has 1 aromatic carbocycles. The minimum absolute atomic E-state index is 0.0643. The Labute approximate surface area is 165 Å². The lowest BCUT2D eigenvalue weighted by Gasteiger charge is -2.12. The second-order valence-electron chi connectivity index (χ2n) is 5.48. The third-order valence-electron chi connectivity index (χ3n) is 3.40. The van der Waals surface area contributed by atoms with Crippen molar-refractivity contribution in [2.75, 3.05) is 19.0 Å². The van der Waals surface area contributed by atoms with Crippen LogP contribution in [-0.2, 0) is 16.1 Å². The van der Waals surface area contributed by atoms with Gasteiger partial charge in [-0.25, -0.2) is 9.59 Å². The molecule has 1 heterocycles. The molecule has 0 saturated heterocycles. The highest BCUT2D eigenvalue weighted by Gasteiger charge is 2.17. The maximum Gasteiger partial charge on any atom is 0.328 e. The summed E-state index contributed by atoms with van der Waals surface area (Å²) in [5, 5.41) is 16.0. The SMILES string of the molecule is CCOC(=O)[C@H](C)NC(=O)NCc1nnc(C(=O)Nc2ccc(OC)cc2)s1. The average Bonchev–Trinajstić information content (AvgIpc) is 3.16. The summed E-state index contributed by atoms with van der Waals surface area (Å²) < 4.78 is 9.86. The molecule has 0 fully saturated rings. The first kappa shape index (κ1) is 21.1. The highest BCUT2D eigenvalue weighted by Crippen LogP contribution is 2.17. The molecule has 28 heavy (non-hydrogen) atoms. The number of benzene rings is 1. The van der Waals surface area contributed by atoms with Crippen LogP contribution in [0.15, 0.2) is 24.3 Å². The lowest BCUT2D eigenvalue weighted by molar-refractivity contribution is -0.144. The fourth-order valence-corrected chi connectivity index (χ4v) is 2.68. The smallest absolute Gasteiger partial charge is 0.328 e. The standard InChI is InChI=1S/C17H21N5O5S/c1-4-27-16(24)10(2)19-17(25)18-9-13-21-22-15(28-13)14(23)20-11-5-7-12(26-3)8-6-11/h5-8,10H,4,9H2,1-3H3,(H,20,23)(H2,18,19,25)/t10-/m0/s1. The van der Waals surface area contributed by atoms with Crippen LogP contribution in [0.25, 0.3) is 0 Å². The normalized spacial score (nSPS) is 11.2. The summed E-state index contributed by atoms with van der Waals surface area (Å²) in [5.41, 5.74) is 0.591. The zero-order valence-electron chi connectivity index (χ0n) is 15.6. The number of rotatable bonds is 8. The number of nitrogens with one attached hydrogen (secondary N) is 3. The number of esters is 1. The summed E-state index contributed by atoms with van der Waals surface area (Å²) in [4.78, 5) is 35.5. The fourth-order valence-electron chi connectivity index (χ4n) is 2.01. The first-order valence-electron chi connectivity index (χ1n) is 8.41. The second kappa shape index (κ2) is 10.2. The predicted octanol–water partition coefficient (Wildman–Crippen LogP) is 1.55. The van der Waals surface area contributed by atoms with Crippen molar-refractivity contribution in [3.8, 4) is 5.75 Å². The highest BCUT2D eigenvalue weighted by molar-refractivity contribution is 7.13. The molecule has 0 aliphatic heterocycles. The van der Waals surface area contributed by atoms with E-state index in [0.717, 1.165) is 11.3 Å². The number of amides is 3. The summed E-state index contributed by atoms with van der Waals surface area (Å²) in [7, 11) is 1.56. The lowest BCUT2D eigenvalue weighted by Crippen LogP contribution is -2.44. The molecule has 150 valence electrons. The fraction of sp³-hybridized carbons (Fsp3) is 0.353. The van der Waals surface area contributed by atoms with Crippen LogP contribution < -0.4 is 20.7 Å². The Morgan fingerprint density at radius 1 is 1.18 bits per heavy atom. The maximum atomic E-state index is 12.2. The number of anilines is 1. The van der Waals surface area contributed by atoms with Crippen molar-refractivity contribution in [2.24, 2.45) is 0 Å². The topological polar surface area (TPSA) is 132 Å². The Hall–Kier alpha value is -3.21. The van der Waals surface area contributed by atoms with E-state index in [0.29, 0.717) is 16.4 Å². The number of methoxy groups -OCH3 is 1. The van der Waals surface area contributed by atoms with Gasteiger partial charge in [0, 0.05) is 5.69 Å². The quantitative estimate of drug-likeness (QED) is 0.566. The minimum Gasteiger partial charge on any atom is -0.497 e. The molecule has 2 aromatic rings. The number of nitrogens with zero attached hydrogens (tertiary/aromatic N) is 2. The van der Waals surface area contributed by atoms with Crippen molar-refractivity contribution in [2.45, 2.75) is 26.4 Å². The number of ether oxygens (including phenoxy) is 2. The number of carbonyl (C=O) groups is 3. The van der Waals surface area contributed by atoms with Crippen LogP contribution in [0.4, 0.5) is 10.5 Å². The van der Waals surface area contributed by atoms with Crippen LogP contribution in [0.1, 0.15) is 28.7 Å². The summed E-state index contributed by atoms with van der Waals surface area (Å²) in [6, 6.07) is 5.52. The molecule has 0 saturated carbocycles. The Morgan fingerprint density at radius 3 is 2.54 bits per heavy atom. The molecule has 0 radical (unpaired) electrons. The van der Waals surface area contributed by atoms with Crippen LogP contribution in [-0.4, -0.2) is 47.9 Å². The molecule has 11 heteroatoms. The number of urea groups is 1. The molecule has 0 unspecified atom stereocenters. The van der Waals surface area contributed by atoms with Crippen molar-refractivity contribution in [3.05, 3.63) is 34.3 Å². The zero-order chi connectivity index (χ0) is 20.5. The Morgan fingerprint density at radius 2 is 1.89 bits per heavy atom. The molecular weight excluding hydrogens is 386 g/mol. The van der Waals surface area contributed by atoms with Crippen molar-refractivity contribution >= 4 is 34.9 Å². The summed E-state index contributed by atoms with van der Waals surface area (Å²) in [6.45, 7) is 3.50. The van der Waals surface area contributed by atoms with Gasteiger partial charge in [0.2, 0.25) is 5.01 Å². The Balaban J connectivity index is 1.83. The monoisotopic (exact) mass is 407 g/mol. The summed E-state index contributed by atoms with van der Waals surface area (Å²) in [6.07, 6.45) is 0. The number of hydrogen-bond donors (Lipinski definition) is 3. The first-order chi connectivity index (χ1) is 13.4. The van der Waals surface area contributed by atoms with Crippen LogP contribution in [0, 0.1) is 0 Å². The largest absolute Gasteiger partial charge is 0.497 e. The third-order valence-corrected chi connectivity index (χ3v) is 4.32. The molecule has 2 rings (SSSR count). The van der Waals surface area contributed by atoms with Crippen LogP contribution in [0.3, 0.4) is 0 Å². The van der Waals surface area contributed by atoms with Crippen molar-refractivity contribution in [3.63, 3.8) is 0 Å². The third kappa shape index (κ3) is 6.20. The molecule has 3 N–H and O–H groups in total. The molecule has 0 spiro atoms. The van der Waals surface area contributed by atoms with E-state index in [4.69, 9.17) is 9.47 Å². The molecule has 3 amide bonds. The molecule has 1 atom stereocenters.